The van der Waals surface area contributed by atoms with E-state index in [1.165, 1.54) is 6.07 Å². The molecule has 2 rings (SSSR count). The number of hydrogen-bond acceptors (Lipinski definition) is 3. The third-order valence-electron chi connectivity index (χ3n) is 3.81. The normalized spacial score (nSPS) is 18.4. The van der Waals surface area contributed by atoms with Gasteiger partial charge >= 0.3 is 0 Å². The molecule has 0 saturated heterocycles. The van der Waals surface area contributed by atoms with Gasteiger partial charge < -0.3 is 5.73 Å². The fourth-order valence-corrected chi connectivity index (χ4v) is 4.15. The van der Waals surface area contributed by atoms with Gasteiger partial charge in [-0.05, 0) is 30.4 Å². The van der Waals surface area contributed by atoms with Crippen LogP contribution in [0.15, 0.2) is 17.0 Å². The number of nitrogens with one attached hydrogen (secondary N) is 1. The minimum atomic E-state index is -3.95. The SMILES string of the molecule is CC1(CNS(=O)(=O)c2cc(N)cc(Cl)c2F)CCCC1. The van der Waals surface area contributed by atoms with Crippen molar-refractivity contribution in [1.82, 2.24) is 4.72 Å². The molecular formula is C13H18ClFN2O2S. The summed E-state index contributed by atoms with van der Waals surface area (Å²) in [6.07, 6.45) is 4.12. The Morgan fingerprint density at radius 2 is 2.00 bits per heavy atom. The molecule has 0 bridgehead atoms. The predicted molar refractivity (Wildman–Crippen MR) is 77.6 cm³/mol. The van der Waals surface area contributed by atoms with Gasteiger partial charge in [-0.2, -0.15) is 0 Å². The van der Waals surface area contributed by atoms with Gasteiger partial charge in [-0.15, -0.1) is 0 Å². The van der Waals surface area contributed by atoms with Crippen LogP contribution in [0.4, 0.5) is 10.1 Å². The lowest BCUT2D eigenvalue weighted by atomic mass is 9.89. The molecule has 1 aromatic rings. The van der Waals surface area contributed by atoms with Gasteiger partial charge in [0.25, 0.3) is 0 Å². The molecule has 1 aliphatic rings. The van der Waals surface area contributed by atoms with Crippen LogP contribution in [-0.2, 0) is 10.0 Å². The van der Waals surface area contributed by atoms with E-state index in [2.05, 4.69) is 4.72 Å². The minimum Gasteiger partial charge on any atom is -0.399 e. The van der Waals surface area contributed by atoms with E-state index in [1.807, 2.05) is 6.92 Å². The molecule has 0 unspecified atom stereocenters. The van der Waals surface area contributed by atoms with Crippen LogP contribution in [0.5, 0.6) is 0 Å². The number of benzene rings is 1. The lowest BCUT2D eigenvalue weighted by Gasteiger charge is -2.23. The Kier molecular flexibility index (Phi) is 4.27. The maximum atomic E-state index is 13.9. The third-order valence-corrected chi connectivity index (χ3v) is 5.48. The smallest absolute Gasteiger partial charge is 0.243 e. The molecule has 20 heavy (non-hydrogen) atoms. The summed E-state index contributed by atoms with van der Waals surface area (Å²) >= 11 is 5.63. The van der Waals surface area contributed by atoms with Crippen molar-refractivity contribution in [2.24, 2.45) is 5.41 Å². The quantitative estimate of drug-likeness (QED) is 0.838. The van der Waals surface area contributed by atoms with E-state index in [-0.39, 0.29) is 16.1 Å². The van der Waals surface area contributed by atoms with Gasteiger partial charge in [-0.3, -0.25) is 0 Å². The molecule has 1 saturated carbocycles. The molecule has 0 amide bonds. The molecule has 112 valence electrons. The van der Waals surface area contributed by atoms with Crippen molar-refractivity contribution in [2.75, 3.05) is 12.3 Å². The van der Waals surface area contributed by atoms with E-state index in [0.717, 1.165) is 31.7 Å². The van der Waals surface area contributed by atoms with E-state index in [0.29, 0.717) is 6.54 Å². The monoisotopic (exact) mass is 320 g/mol. The van der Waals surface area contributed by atoms with Crippen molar-refractivity contribution in [1.29, 1.82) is 0 Å². The summed E-state index contributed by atoms with van der Waals surface area (Å²) in [7, 11) is -3.95. The Labute approximate surface area is 123 Å². The second-order valence-electron chi connectivity index (χ2n) is 5.66. The van der Waals surface area contributed by atoms with Crippen LogP contribution in [0.2, 0.25) is 5.02 Å². The van der Waals surface area contributed by atoms with Crippen LogP contribution in [0.3, 0.4) is 0 Å². The summed E-state index contributed by atoms with van der Waals surface area (Å²) in [6.45, 7) is 2.33. The summed E-state index contributed by atoms with van der Waals surface area (Å²) in [5.41, 5.74) is 5.58. The van der Waals surface area contributed by atoms with Gasteiger partial charge in [0, 0.05) is 12.2 Å². The van der Waals surface area contributed by atoms with Crippen LogP contribution >= 0.6 is 11.6 Å². The van der Waals surface area contributed by atoms with Gasteiger partial charge in [0.15, 0.2) is 5.82 Å². The number of nitrogens with two attached hydrogens (primary N) is 1. The average Bonchev–Trinajstić information content (AvgIpc) is 2.79. The molecule has 4 nitrogen and oxygen atoms in total. The standard InChI is InChI=1S/C13H18ClFN2O2S/c1-13(4-2-3-5-13)8-17-20(18,19)11-7-9(16)6-10(14)12(11)15/h6-7,17H,2-5,8,16H2,1H3. The van der Waals surface area contributed by atoms with Gasteiger partial charge in [0.2, 0.25) is 10.0 Å². The van der Waals surface area contributed by atoms with E-state index in [4.69, 9.17) is 17.3 Å². The first-order chi connectivity index (χ1) is 9.23. The second-order valence-corrected chi connectivity index (χ2v) is 7.80. The fraction of sp³-hybridized carbons (Fsp3) is 0.538. The second kappa shape index (κ2) is 5.50. The van der Waals surface area contributed by atoms with E-state index in [1.54, 1.807) is 0 Å². The van der Waals surface area contributed by atoms with Crippen LogP contribution in [-0.4, -0.2) is 15.0 Å². The first kappa shape index (κ1) is 15.5. The molecule has 0 atom stereocenters. The zero-order valence-corrected chi connectivity index (χ0v) is 12.8. The fourth-order valence-electron chi connectivity index (χ4n) is 2.53. The molecule has 0 radical (unpaired) electrons. The highest BCUT2D eigenvalue weighted by Gasteiger charge is 2.31. The van der Waals surface area contributed by atoms with Crippen LogP contribution in [0.1, 0.15) is 32.6 Å². The first-order valence-electron chi connectivity index (χ1n) is 6.48. The highest BCUT2D eigenvalue weighted by atomic mass is 35.5. The predicted octanol–water partition coefficient (Wildman–Crippen LogP) is 2.92. The number of nitrogen functional groups attached to an aromatic ring is 1. The summed E-state index contributed by atoms with van der Waals surface area (Å²) in [4.78, 5) is -0.496. The molecule has 0 spiro atoms. The lowest BCUT2D eigenvalue weighted by Crippen LogP contribution is -2.34. The van der Waals surface area contributed by atoms with Crippen LogP contribution in [0, 0.1) is 11.2 Å². The van der Waals surface area contributed by atoms with Crippen molar-refractivity contribution in [3.8, 4) is 0 Å². The number of sulfonamides is 1. The maximum Gasteiger partial charge on any atom is 0.243 e. The molecule has 7 heteroatoms. The summed E-state index contributed by atoms with van der Waals surface area (Å²) in [6, 6.07) is 2.27. The Balaban J connectivity index is 2.22. The molecule has 1 aliphatic carbocycles. The van der Waals surface area contributed by atoms with Crippen molar-refractivity contribution < 1.29 is 12.8 Å². The third kappa shape index (κ3) is 3.24. The Bertz CT molecular complexity index is 613. The number of halogens is 2. The number of hydrogen-bond donors (Lipinski definition) is 2. The van der Waals surface area contributed by atoms with Crippen molar-refractivity contribution >= 4 is 27.3 Å². The molecular weight excluding hydrogens is 303 g/mol. The van der Waals surface area contributed by atoms with Gasteiger partial charge in [-0.1, -0.05) is 31.4 Å². The Hall–Kier alpha value is -0.850. The highest BCUT2D eigenvalue weighted by Crippen LogP contribution is 2.37. The number of rotatable bonds is 4. The average molecular weight is 321 g/mol. The molecule has 1 aromatic carbocycles. The summed E-state index contributed by atoms with van der Waals surface area (Å²) in [5.74, 6) is -0.968. The van der Waals surface area contributed by atoms with E-state index >= 15 is 0 Å². The zero-order valence-electron chi connectivity index (χ0n) is 11.2. The largest absolute Gasteiger partial charge is 0.399 e. The number of anilines is 1. The Morgan fingerprint density at radius 3 is 2.60 bits per heavy atom. The maximum absolute atomic E-state index is 13.9. The van der Waals surface area contributed by atoms with Crippen LogP contribution in [0.25, 0.3) is 0 Å². The van der Waals surface area contributed by atoms with Gasteiger partial charge in [0.05, 0.1) is 5.02 Å². The highest BCUT2D eigenvalue weighted by molar-refractivity contribution is 7.89. The summed E-state index contributed by atoms with van der Waals surface area (Å²) < 4.78 is 40.7. The van der Waals surface area contributed by atoms with Crippen molar-refractivity contribution in [3.63, 3.8) is 0 Å². The molecule has 0 heterocycles. The molecule has 3 N–H and O–H groups in total. The van der Waals surface area contributed by atoms with Crippen molar-refractivity contribution in [3.05, 3.63) is 23.0 Å². The Morgan fingerprint density at radius 1 is 1.40 bits per heavy atom. The lowest BCUT2D eigenvalue weighted by molar-refractivity contribution is 0.336. The topological polar surface area (TPSA) is 72.2 Å². The molecule has 1 fully saturated rings. The minimum absolute atomic E-state index is 0.0618. The zero-order chi connectivity index (χ0) is 15.0. The van der Waals surface area contributed by atoms with Crippen molar-refractivity contribution in [2.45, 2.75) is 37.5 Å². The summed E-state index contributed by atoms with van der Waals surface area (Å²) in [5, 5.41) is -0.294. The van der Waals surface area contributed by atoms with E-state index in [9.17, 15) is 12.8 Å². The van der Waals surface area contributed by atoms with E-state index < -0.39 is 20.7 Å². The first-order valence-corrected chi connectivity index (χ1v) is 8.34. The molecule has 0 aliphatic heterocycles. The van der Waals surface area contributed by atoms with Gasteiger partial charge in [0.1, 0.15) is 4.90 Å². The molecule has 0 aromatic heterocycles. The van der Waals surface area contributed by atoms with Crippen LogP contribution < -0.4 is 10.5 Å². The van der Waals surface area contributed by atoms with Gasteiger partial charge in [-0.25, -0.2) is 17.5 Å².